The number of aryl methyl sites for hydroxylation is 2. The molecule has 1 aromatic heterocycles. The van der Waals surface area contributed by atoms with Crippen molar-refractivity contribution in [3.05, 3.63) is 23.3 Å². The van der Waals surface area contributed by atoms with Crippen LogP contribution in [0.1, 0.15) is 30.4 Å². The Hall–Kier alpha value is -2.11. The third-order valence-electron chi connectivity index (χ3n) is 2.46. The number of Topliss-reactive ketones (excluding diaryl/α,β-unsaturated/α-hetero) is 1. The van der Waals surface area contributed by atoms with Gasteiger partial charge in [-0.25, -0.2) is 0 Å². The number of hydrogen-bond acceptors (Lipinski definition) is 6. The Morgan fingerprint density at radius 3 is 2.63 bits per heavy atom. The van der Waals surface area contributed by atoms with Crippen molar-refractivity contribution >= 4 is 17.5 Å². The van der Waals surface area contributed by atoms with Crippen LogP contribution in [0.3, 0.4) is 0 Å². The van der Waals surface area contributed by atoms with E-state index in [2.05, 4.69) is 14.7 Å². The predicted molar refractivity (Wildman–Crippen MR) is 69.2 cm³/mol. The van der Waals surface area contributed by atoms with Gasteiger partial charge in [0.05, 0.1) is 29.4 Å². The van der Waals surface area contributed by atoms with E-state index in [0.717, 1.165) is 5.69 Å². The molecule has 0 amide bonds. The number of ketones is 1. The standard InChI is InChI=1S/C13H17N3O3/c1-4-19-13(18)6-12(17)10(14)5-11-9(3)16-8(2)7-15-11/h7,14H,4-6H2,1-3H3. The molecule has 0 radical (unpaired) electrons. The summed E-state index contributed by atoms with van der Waals surface area (Å²) in [5.41, 5.74) is 1.89. The normalized spacial score (nSPS) is 10.1. The minimum Gasteiger partial charge on any atom is -0.466 e. The SMILES string of the molecule is CCOC(=O)CC(=O)C(=N)Cc1ncc(C)nc1C. The number of esters is 1. The van der Waals surface area contributed by atoms with Gasteiger partial charge in [0.15, 0.2) is 5.78 Å². The zero-order valence-electron chi connectivity index (χ0n) is 11.3. The Morgan fingerprint density at radius 2 is 2.05 bits per heavy atom. The van der Waals surface area contributed by atoms with Crippen LogP contribution >= 0.6 is 0 Å². The number of aromatic nitrogens is 2. The van der Waals surface area contributed by atoms with Gasteiger partial charge in [0.2, 0.25) is 0 Å². The monoisotopic (exact) mass is 263 g/mol. The summed E-state index contributed by atoms with van der Waals surface area (Å²) in [6.45, 7) is 5.49. The van der Waals surface area contributed by atoms with Crippen molar-refractivity contribution in [1.29, 1.82) is 5.41 Å². The van der Waals surface area contributed by atoms with E-state index in [1.165, 1.54) is 0 Å². The number of carbonyl (C=O) groups is 2. The Kier molecular flexibility index (Phi) is 5.29. The number of hydrogen-bond donors (Lipinski definition) is 1. The quantitative estimate of drug-likeness (QED) is 0.472. The lowest BCUT2D eigenvalue weighted by Crippen LogP contribution is -2.21. The van der Waals surface area contributed by atoms with Gasteiger partial charge in [-0.15, -0.1) is 0 Å². The number of rotatable bonds is 6. The number of ether oxygens (including phenoxy) is 1. The van der Waals surface area contributed by atoms with Crippen molar-refractivity contribution in [3.8, 4) is 0 Å². The Bertz CT molecular complexity index is 512. The molecule has 102 valence electrons. The highest BCUT2D eigenvalue weighted by Gasteiger charge is 2.17. The molecule has 1 aromatic rings. The number of nitrogens with zero attached hydrogens (tertiary/aromatic N) is 2. The van der Waals surface area contributed by atoms with Crippen LogP contribution in [0, 0.1) is 19.3 Å². The first kappa shape index (κ1) is 14.9. The van der Waals surface area contributed by atoms with Gasteiger partial charge in [-0.2, -0.15) is 0 Å². The summed E-state index contributed by atoms with van der Waals surface area (Å²) in [5, 5.41) is 7.68. The topological polar surface area (TPSA) is 93.0 Å². The predicted octanol–water partition coefficient (Wildman–Crippen LogP) is 1.18. The van der Waals surface area contributed by atoms with E-state index < -0.39 is 18.2 Å². The van der Waals surface area contributed by atoms with Crippen LogP contribution < -0.4 is 0 Å². The fraction of sp³-hybridized carbons (Fsp3) is 0.462. The zero-order chi connectivity index (χ0) is 14.4. The molecule has 0 saturated carbocycles. The molecule has 0 spiro atoms. The van der Waals surface area contributed by atoms with E-state index in [9.17, 15) is 9.59 Å². The lowest BCUT2D eigenvalue weighted by molar-refractivity contribution is -0.144. The maximum absolute atomic E-state index is 11.6. The maximum atomic E-state index is 11.6. The average molecular weight is 263 g/mol. The summed E-state index contributed by atoms with van der Waals surface area (Å²) >= 11 is 0. The molecule has 1 N–H and O–H groups in total. The van der Waals surface area contributed by atoms with Gasteiger partial charge in [-0.3, -0.25) is 19.6 Å². The van der Waals surface area contributed by atoms with E-state index >= 15 is 0 Å². The fourth-order valence-electron chi connectivity index (χ4n) is 1.51. The third-order valence-corrected chi connectivity index (χ3v) is 2.46. The molecule has 0 fully saturated rings. The van der Waals surface area contributed by atoms with Crippen molar-refractivity contribution < 1.29 is 14.3 Å². The number of nitrogens with one attached hydrogen (secondary N) is 1. The second-order valence-electron chi connectivity index (χ2n) is 4.10. The van der Waals surface area contributed by atoms with Gasteiger partial charge in [-0.1, -0.05) is 0 Å². The van der Waals surface area contributed by atoms with Crippen LogP contribution in [0.25, 0.3) is 0 Å². The molecule has 1 heterocycles. The highest BCUT2D eigenvalue weighted by atomic mass is 16.5. The molecule has 0 unspecified atom stereocenters. The first-order valence-corrected chi connectivity index (χ1v) is 5.99. The third kappa shape index (κ3) is 4.57. The van der Waals surface area contributed by atoms with Crippen molar-refractivity contribution in [1.82, 2.24) is 9.97 Å². The lowest BCUT2D eigenvalue weighted by Gasteiger charge is -2.06. The van der Waals surface area contributed by atoms with E-state index in [1.807, 2.05) is 6.92 Å². The van der Waals surface area contributed by atoms with Crippen molar-refractivity contribution in [3.63, 3.8) is 0 Å². The molecule has 6 heteroatoms. The molecule has 0 atom stereocenters. The molecule has 19 heavy (non-hydrogen) atoms. The van der Waals surface area contributed by atoms with Crippen LogP contribution in [0.4, 0.5) is 0 Å². The summed E-state index contributed by atoms with van der Waals surface area (Å²) < 4.78 is 4.67. The number of carbonyl (C=O) groups excluding carboxylic acids is 2. The summed E-state index contributed by atoms with van der Waals surface area (Å²) in [4.78, 5) is 31.1. The largest absolute Gasteiger partial charge is 0.466 e. The van der Waals surface area contributed by atoms with Crippen LogP contribution in [-0.2, 0) is 20.7 Å². The van der Waals surface area contributed by atoms with Gasteiger partial charge in [0, 0.05) is 12.6 Å². The minimum atomic E-state index is -0.607. The van der Waals surface area contributed by atoms with E-state index in [1.54, 1.807) is 20.0 Å². The Balaban J connectivity index is 2.64. The van der Waals surface area contributed by atoms with Gasteiger partial charge >= 0.3 is 5.97 Å². The summed E-state index contributed by atoms with van der Waals surface area (Å²) in [6.07, 6.45) is 1.27. The first-order chi connectivity index (χ1) is 8.93. The summed E-state index contributed by atoms with van der Waals surface area (Å²) in [5.74, 6) is -1.15. The van der Waals surface area contributed by atoms with Crippen molar-refractivity contribution in [2.75, 3.05) is 6.61 Å². The molecular weight excluding hydrogens is 246 g/mol. The molecule has 0 aromatic carbocycles. The molecule has 0 aliphatic carbocycles. The van der Waals surface area contributed by atoms with Gasteiger partial charge < -0.3 is 10.1 Å². The summed E-state index contributed by atoms with van der Waals surface area (Å²) in [6, 6.07) is 0. The molecular formula is C13H17N3O3. The molecule has 0 aliphatic rings. The van der Waals surface area contributed by atoms with Crippen LogP contribution in [-0.4, -0.2) is 34.0 Å². The van der Waals surface area contributed by atoms with Crippen molar-refractivity contribution in [2.24, 2.45) is 0 Å². The second kappa shape index (κ2) is 6.72. The van der Waals surface area contributed by atoms with E-state index in [4.69, 9.17) is 5.41 Å². The van der Waals surface area contributed by atoms with E-state index in [0.29, 0.717) is 11.4 Å². The average Bonchev–Trinajstić information content (AvgIpc) is 2.32. The van der Waals surface area contributed by atoms with Crippen molar-refractivity contribution in [2.45, 2.75) is 33.6 Å². The summed E-state index contributed by atoms with van der Waals surface area (Å²) in [7, 11) is 0. The smallest absolute Gasteiger partial charge is 0.313 e. The lowest BCUT2D eigenvalue weighted by atomic mass is 10.1. The highest BCUT2D eigenvalue weighted by Crippen LogP contribution is 2.05. The van der Waals surface area contributed by atoms with Gasteiger partial charge in [0.1, 0.15) is 6.42 Å². The molecule has 6 nitrogen and oxygen atoms in total. The van der Waals surface area contributed by atoms with E-state index in [-0.39, 0.29) is 18.7 Å². The minimum absolute atomic E-state index is 0.0807. The Morgan fingerprint density at radius 1 is 1.37 bits per heavy atom. The fourth-order valence-corrected chi connectivity index (χ4v) is 1.51. The van der Waals surface area contributed by atoms with Gasteiger partial charge in [0.25, 0.3) is 0 Å². The Labute approximate surface area is 111 Å². The second-order valence-corrected chi connectivity index (χ2v) is 4.10. The van der Waals surface area contributed by atoms with Crippen LogP contribution in [0.15, 0.2) is 6.20 Å². The zero-order valence-corrected chi connectivity index (χ0v) is 11.3. The molecule has 1 rings (SSSR count). The maximum Gasteiger partial charge on any atom is 0.313 e. The van der Waals surface area contributed by atoms with Crippen LogP contribution in [0.2, 0.25) is 0 Å². The van der Waals surface area contributed by atoms with Crippen LogP contribution in [0.5, 0.6) is 0 Å². The molecule has 0 saturated heterocycles. The molecule has 0 aliphatic heterocycles. The molecule has 0 bridgehead atoms. The first-order valence-electron chi connectivity index (χ1n) is 5.99. The highest BCUT2D eigenvalue weighted by molar-refractivity contribution is 6.41. The van der Waals surface area contributed by atoms with Gasteiger partial charge in [-0.05, 0) is 20.8 Å².